The van der Waals surface area contributed by atoms with Crippen molar-refractivity contribution in [1.82, 2.24) is 15.5 Å². The Kier molecular flexibility index (Phi) is 7.00. The number of nitrogens with one attached hydrogen (secondary N) is 1. The molecule has 1 N–H and O–H groups in total. The van der Waals surface area contributed by atoms with E-state index in [4.69, 9.17) is 16.1 Å². The van der Waals surface area contributed by atoms with Gasteiger partial charge in [0.05, 0.1) is 11.3 Å². The van der Waals surface area contributed by atoms with Gasteiger partial charge in [0.25, 0.3) is 5.89 Å². The van der Waals surface area contributed by atoms with Gasteiger partial charge in [-0.1, -0.05) is 42.4 Å². The molecule has 0 atom stereocenters. The van der Waals surface area contributed by atoms with Gasteiger partial charge < -0.3 is 9.84 Å². The van der Waals surface area contributed by atoms with Gasteiger partial charge in [-0.05, 0) is 66.8 Å². The molecular formula is C23H22ClF2N3O. The van der Waals surface area contributed by atoms with E-state index in [0.717, 1.165) is 42.2 Å². The van der Waals surface area contributed by atoms with Crippen molar-refractivity contribution >= 4 is 22.9 Å². The van der Waals surface area contributed by atoms with Crippen LogP contribution < -0.4 is 5.32 Å². The fourth-order valence-corrected chi connectivity index (χ4v) is 3.25. The lowest BCUT2D eigenvalue weighted by molar-refractivity contribution is 0.425. The van der Waals surface area contributed by atoms with Crippen LogP contribution in [0.2, 0.25) is 5.02 Å². The molecule has 0 spiro atoms. The third kappa shape index (κ3) is 5.13. The van der Waals surface area contributed by atoms with Crippen LogP contribution in [0.15, 0.2) is 53.6 Å². The number of benzene rings is 2. The molecule has 0 bridgehead atoms. The highest BCUT2D eigenvalue weighted by molar-refractivity contribution is 6.30. The molecule has 2 aromatic carbocycles. The third-order valence-electron chi connectivity index (χ3n) is 4.58. The number of nitrogens with zero attached hydrogens (tertiary/aromatic N) is 2. The molecule has 1 aromatic heterocycles. The summed E-state index contributed by atoms with van der Waals surface area (Å²) in [6.07, 6.45) is 3.80. The molecule has 3 aromatic rings. The summed E-state index contributed by atoms with van der Waals surface area (Å²) in [4.78, 5) is 4.12. The molecule has 0 saturated heterocycles. The Morgan fingerprint density at radius 3 is 2.80 bits per heavy atom. The van der Waals surface area contributed by atoms with Crippen molar-refractivity contribution < 1.29 is 13.3 Å². The van der Waals surface area contributed by atoms with Gasteiger partial charge in [-0.3, -0.25) is 0 Å². The Hall–Kier alpha value is -2.99. The van der Waals surface area contributed by atoms with Gasteiger partial charge in [0.1, 0.15) is 11.6 Å². The summed E-state index contributed by atoms with van der Waals surface area (Å²) in [6, 6.07) is 8.89. The molecule has 0 fully saturated rings. The van der Waals surface area contributed by atoms with E-state index in [1.54, 1.807) is 0 Å². The monoisotopic (exact) mass is 429 g/mol. The third-order valence-corrected chi connectivity index (χ3v) is 4.82. The van der Waals surface area contributed by atoms with Gasteiger partial charge in [0, 0.05) is 11.6 Å². The minimum atomic E-state index is -0.642. The van der Waals surface area contributed by atoms with Crippen LogP contribution in [0.25, 0.3) is 22.7 Å². The largest absolute Gasteiger partial charge is 0.382 e. The molecule has 0 radical (unpaired) electrons. The number of aromatic nitrogens is 2. The Morgan fingerprint density at radius 1 is 1.23 bits per heavy atom. The van der Waals surface area contributed by atoms with Crippen molar-refractivity contribution in [2.75, 3.05) is 6.54 Å². The molecule has 0 aliphatic carbocycles. The zero-order chi connectivity index (χ0) is 21.7. The van der Waals surface area contributed by atoms with Crippen LogP contribution in [0.3, 0.4) is 0 Å². The summed E-state index contributed by atoms with van der Waals surface area (Å²) in [5, 5.41) is 7.67. The van der Waals surface area contributed by atoms with E-state index in [0.29, 0.717) is 17.3 Å². The number of halogens is 3. The van der Waals surface area contributed by atoms with Crippen molar-refractivity contribution in [2.24, 2.45) is 0 Å². The summed E-state index contributed by atoms with van der Waals surface area (Å²) in [6.45, 7) is 8.62. The molecule has 156 valence electrons. The second kappa shape index (κ2) is 9.67. The molecule has 0 aliphatic heterocycles. The first-order valence-electron chi connectivity index (χ1n) is 9.57. The van der Waals surface area contributed by atoms with Crippen molar-refractivity contribution in [1.29, 1.82) is 0 Å². The van der Waals surface area contributed by atoms with Crippen LogP contribution >= 0.6 is 11.6 Å². The van der Waals surface area contributed by atoms with Crippen molar-refractivity contribution in [3.8, 4) is 11.5 Å². The molecule has 0 saturated carbocycles. The Balaban J connectivity index is 1.67. The van der Waals surface area contributed by atoms with E-state index in [2.05, 4.69) is 35.0 Å². The quantitative estimate of drug-likeness (QED) is 0.448. The fourth-order valence-electron chi connectivity index (χ4n) is 3.08. The van der Waals surface area contributed by atoms with E-state index in [-0.39, 0.29) is 17.3 Å². The first-order valence-corrected chi connectivity index (χ1v) is 9.94. The molecule has 30 heavy (non-hydrogen) atoms. The Bertz CT molecular complexity index is 1090. The molecule has 1 heterocycles. The summed E-state index contributed by atoms with van der Waals surface area (Å²) < 4.78 is 32.4. The highest BCUT2D eigenvalue weighted by Gasteiger charge is 2.16. The van der Waals surface area contributed by atoms with Crippen LogP contribution in [0.5, 0.6) is 0 Å². The Labute approximate surface area is 179 Å². The molecular weight excluding hydrogens is 408 g/mol. The molecule has 0 aliphatic rings. The SMILES string of the molecule is C=C(NCC/C(=C/CC)c1cc(Cl)ccc1C)c1noc(-c2cc(F)ccc2F)n1. The van der Waals surface area contributed by atoms with Crippen LogP contribution in [0.1, 0.15) is 36.7 Å². The minimum Gasteiger partial charge on any atom is -0.382 e. The van der Waals surface area contributed by atoms with Crippen molar-refractivity contribution in [3.05, 3.63) is 82.7 Å². The second-order valence-corrected chi connectivity index (χ2v) is 7.24. The zero-order valence-corrected chi connectivity index (χ0v) is 17.6. The van der Waals surface area contributed by atoms with Crippen LogP contribution in [0, 0.1) is 18.6 Å². The van der Waals surface area contributed by atoms with E-state index in [9.17, 15) is 8.78 Å². The molecule has 3 rings (SSSR count). The fraction of sp³-hybridized carbons (Fsp3) is 0.217. The maximum atomic E-state index is 13.9. The van der Waals surface area contributed by atoms with Crippen molar-refractivity contribution in [3.63, 3.8) is 0 Å². The van der Waals surface area contributed by atoms with Crippen molar-refractivity contribution in [2.45, 2.75) is 26.7 Å². The average molecular weight is 430 g/mol. The average Bonchev–Trinajstić information content (AvgIpc) is 3.21. The molecule has 4 nitrogen and oxygen atoms in total. The molecule has 0 unspecified atom stereocenters. The highest BCUT2D eigenvalue weighted by atomic mass is 35.5. The maximum Gasteiger partial charge on any atom is 0.261 e. The number of hydrogen-bond acceptors (Lipinski definition) is 4. The lowest BCUT2D eigenvalue weighted by atomic mass is 9.97. The molecule has 0 amide bonds. The number of hydrogen-bond donors (Lipinski definition) is 1. The first-order chi connectivity index (χ1) is 14.4. The molecule has 7 heteroatoms. The first kappa shape index (κ1) is 21.7. The van der Waals surface area contributed by atoms with Crippen LogP contribution in [0.4, 0.5) is 8.78 Å². The lowest BCUT2D eigenvalue weighted by Crippen LogP contribution is -2.14. The van der Waals surface area contributed by atoms with E-state index < -0.39 is 11.6 Å². The number of aryl methyl sites for hydroxylation is 1. The van der Waals surface area contributed by atoms with Gasteiger partial charge in [-0.25, -0.2) is 8.78 Å². The minimum absolute atomic E-state index is 0.0915. The summed E-state index contributed by atoms with van der Waals surface area (Å²) in [5.74, 6) is -1.15. The van der Waals surface area contributed by atoms with Crippen LogP contribution in [-0.2, 0) is 0 Å². The summed E-state index contributed by atoms with van der Waals surface area (Å²) in [7, 11) is 0. The summed E-state index contributed by atoms with van der Waals surface area (Å²) in [5.41, 5.74) is 3.78. The van der Waals surface area contributed by atoms with Gasteiger partial charge >= 0.3 is 0 Å². The normalized spacial score (nSPS) is 11.6. The van der Waals surface area contributed by atoms with E-state index in [1.807, 2.05) is 25.1 Å². The van der Waals surface area contributed by atoms with Gasteiger partial charge in [0.15, 0.2) is 0 Å². The van der Waals surface area contributed by atoms with Gasteiger partial charge in [-0.15, -0.1) is 0 Å². The standard InChI is InChI=1S/C23H22ClF2N3O/c1-4-5-16(19-12-17(24)7-6-14(19)2)10-11-27-15(3)22-28-23(30-29-22)20-13-18(25)8-9-21(20)26/h5-9,12-13,27H,3-4,10-11H2,1-2H3/b16-5-. The van der Waals surface area contributed by atoms with Gasteiger partial charge in [-0.2, -0.15) is 4.98 Å². The van der Waals surface area contributed by atoms with E-state index in [1.165, 1.54) is 5.57 Å². The van der Waals surface area contributed by atoms with E-state index >= 15 is 0 Å². The second-order valence-electron chi connectivity index (χ2n) is 6.80. The van der Waals surface area contributed by atoms with Crippen LogP contribution in [-0.4, -0.2) is 16.7 Å². The zero-order valence-electron chi connectivity index (χ0n) is 16.8. The summed E-state index contributed by atoms with van der Waals surface area (Å²) >= 11 is 6.17. The Morgan fingerprint density at radius 2 is 2.03 bits per heavy atom. The lowest BCUT2D eigenvalue weighted by Gasteiger charge is -2.13. The smallest absolute Gasteiger partial charge is 0.261 e. The van der Waals surface area contributed by atoms with Gasteiger partial charge in [0.2, 0.25) is 5.82 Å². The number of rotatable bonds is 8. The topological polar surface area (TPSA) is 51.0 Å². The predicted octanol–water partition coefficient (Wildman–Crippen LogP) is 6.42. The highest BCUT2D eigenvalue weighted by Crippen LogP contribution is 2.26. The number of allylic oxidation sites excluding steroid dienone is 1. The maximum absolute atomic E-state index is 13.9. The predicted molar refractivity (Wildman–Crippen MR) is 116 cm³/mol.